The van der Waals surface area contributed by atoms with Gasteiger partial charge in [0.05, 0.1) is 0 Å². The van der Waals surface area contributed by atoms with Crippen molar-refractivity contribution in [3.05, 3.63) is 54.6 Å². The van der Waals surface area contributed by atoms with Gasteiger partial charge in [0.1, 0.15) is 0 Å². The highest BCUT2D eigenvalue weighted by Crippen LogP contribution is 2.24. The second kappa shape index (κ2) is 6.28. The van der Waals surface area contributed by atoms with Crippen LogP contribution in [0.4, 0.5) is 5.69 Å². The van der Waals surface area contributed by atoms with E-state index < -0.39 is 5.41 Å². The van der Waals surface area contributed by atoms with Crippen LogP contribution in [0.5, 0.6) is 0 Å². The quantitative estimate of drug-likeness (QED) is 0.777. The molecule has 0 aliphatic heterocycles. The third kappa shape index (κ3) is 3.51. The fraction of sp³-hybridized carbons (Fsp3) is 0.211. The summed E-state index contributed by atoms with van der Waals surface area (Å²) in [6.07, 6.45) is 0. The Hall–Kier alpha value is -2.95. The SMILES string of the molecule is CC(C)(C)C(=O)Nc1ccc(-c2nc(-c3ccccc3)no2)cc1. The molecule has 5 heteroatoms. The molecule has 0 aliphatic rings. The van der Waals surface area contributed by atoms with E-state index in [0.29, 0.717) is 11.7 Å². The van der Waals surface area contributed by atoms with Crippen molar-refractivity contribution in [3.63, 3.8) is 0 Å². The largest absolute Gasteiger partial charge is 0.334 e. The Balaban J connectivity index is 1.77. The van der Waals surface area contributed by atoms with E-state index in [1.54, 1.807) is 0 Å². The smallest absolute Gasteiger partial charge is 0.258 e. The van der Waals surface area contributed by atoms with Crippen molar-refractivity contribution in [2.24, 2.45) is 5.41 Å². The average molecular weight is 321 g/mol. The molecule has 0 bridgehead atoms. The topological polar surface area (TPSA) is 68.0 Å². The maximum Gasteiger partial charge on any atom is 0.258 e. The molecule has 0 unspecified atom stereocenters. The Morgan fingerprint density at radius 3 is 2.25 bits per heavy atom. The summed E-state index contributed by atoms with van der Waals surface area (Å²) in [4.78, 5) is 16.4. The molecule has 3 aromatic rings. The molecule has 0 atom stereocenters. The lowest BCUT2D eigenvalue weighted by Crippen LogP contribution is -2.27. The molecular weight excluding hydrogens is 302 g/mol. The van der Waals surface area contributed by atoms with Gasteiger partial charge in [-0.2, -0.15) is 4.98 Å². The Bertz CT molecular complexity index is 831. The number of nitrogens with one attached hydrogen (secondary N) is 1. The third-order valence-electron chi connectivity index (χ3n) is 3.53. The molecule has 2 aromatic carbocycles. The zero-order valence-corrected chi connectivity index (χ0v) is 13.9. The molecule has 122 valence electrons. The number of carbonyl (C=O) groups excluding carboxylic acids is 1. The Labute approximate surface area is 140 Å². The molecule has 0 aliphatic carbocycles. The van der Waals surface area contributed by atoms with Crippen LogP contribution in [-0.4, -0.2) is 16.0 Å². The van der Waals surface area contributed by atoms with Gasteiger partial charge in [0, 0.05) is 22.2 Å². The maximum absolute atomic E-state index is 12.0. The highest BCUT2D eigenvalue weighted by molar-refractivity contribution is 5.94. The van der Waals surface area contributed by atoms with Gasteiger partial charge in [-0.3, -0.25) is 4.79 Å². The normalized spacial score (nSPS) is 11.3. The van der Waals surface area contributed by atoms with Crippen molar-refractivity contribution < 1.29 is 9.32 Å². The van der Waals surface area contributed by atoms with Crippen LogP contribution in [0.1, 0.15) is 20.8 Å². The van der Waals surface area contributed by atoms with Crippen LogP contribution in [0.15, 0.2) is 59.1 Å². The second-order valence-electron chi connectivity index (χ2n) is 6.57. The zero-order chi connectivity index (χ0) is 17.2. The molecule has 1 heterocycles. The van der Waals surface area contributed by atoms with Crippen molar-refractivity contribution in [2.45, 2.75) is 20.8 Å². The standard InChI is InChI=1S/C19H19N3O2/c1-19(2,3)18(23)20-15-11-9-14(10-12-15)17-21-16(22-24-17)13-7-5-4-6-8-13/h4-12H,1-3H3,(H,20,23). The first kappa shape index (κ1) is 15.9. The minimum absolute atomic E-state index is 0.0283. The first-order valence-corrected chi connectivity index (χ1v) is 7.74. The summed E-state index contributed by atoms with van der Waals surface area (Å²) in [5.41, 5.74) is 2.01. The monoisotopic (exact) mass is 321 g/mol. The molecule has 0 saturated heterocycles. The number of rotatable bonds is 3. The van der Waals surface area contributed by atoms with E-state index in [4.69, 9.17) is 4.52 Å². The molecule has 0 radical (unpaired) electrons. The molecule has 0 spiro atoms. The average Bonchev–Trinajstić information content (AvgIpc) is 3.05. The first-order chi connectivity index (χ1) is 11.4. The summed E-state index contributed by atoms with van der Waals surface area (Å²) < 4.78 is 5.33. The number of amides is 1. The minimum atomic E-state index is -0.435. The third-order valence-corrected chi connectivity index (χ3v) is 3.53. The fourth-order valence-corrected chi connectivity index (χ4v) is 2.06. The number of hydrogen-bond donors (Lipinski definition) is 1. The van der Waals surface area contributed by atoms with Crippen molar-refractivity contribution in [1.82, 2.24) is 10.1 Å². The van der Waals surface area contributed by atoms with Crippen molar-refractivity contribution in [2.75, 3.05) is 5.32 Å². The van der Waals surface area contributed by atoms with Crippen LogP contribution in [0.2, 0.25) is 0 Å². The molecule has 0 fully saturated rings. The Kier molecular flexibility index (Phi) is 4.16. The van der Waals surface area contributed by atoms with Gasteiger partial charge < -0.3 is 9.84 Å². The van der Waals surface area contributed by atoms with E-state index in [1.165, 1.54) is 0 Å². The lowest BCUT2D eigenvalue weighted by atomic mass is 9.95. The van der Waals surface area contributed by atoms with Gasteiger partial charge in [0.2, 0.25) is 11.7 Å². The zero-order valence-electron chi connectivity index (χ0n) is 13.9. The Morgan fingerprint density at radius 1 is 0.958 bits per heavy atom. The molecular formula is C19H19N3O2. The molecule has 24 heavy (non-hydrogen) atoms. The van der Waals surface area contributed by atoms with Gasteiger partial charge >= 0.3 is 0 Å². The van der Waals surface area contributed by atoms with Crippen molar-refractivity contribution >= 4 is 11.6 Å². The predicted molar refractivity (Wildman–Crippen MR) is 93.3 cm³/mol. The molecule has 3 rings (SSSR count). The van der Waals surface area contributed by atoms with Gasteiger partial charge in [-0.15, -0.1) is 0 Å². The number of anilines is 1. The number of nitrogens with zero attached hydrogens (tertiary/aromatic N) is 2. The van der Waals surface area contributed by atoms with Gasteiger partial charge in [0.25, 0.3) is 5.89 Å². The molecule has 1 amide bonds. The summed E-state index contributed by atoms with van der Waals surface area (Å²) in [5, 5.41) is 6.90. The Morgan fingerprint density at radius 2 is 1.62 bits per heavy atom. The molecule has 0 saturated carbocycles. The molecule has 1 aromatic heterocycles. The van der Waals surface area contributed by atoms with E-state index in [2.05, 4.69) is 15.5 Å². The minimum Gasteiger partial charge on any atom is -0.334 e. The van der Waals surface area contributed by atoms with E-state index >= 15 is 0 Å². The van der Waals surface area contributed by atoms with Gasteiger partial charge in [-0.25, -0.2) is 0 Å². The lowest BCUT2D eigenvalue weighted by molar-refractivity contribution is -0.123. The summed E-state index contributed by atoms with van der Waals surface area (Å²) in [6, 6.07) is 17.0. The number of benzene rings is 2. The molecule has 1 N–H and O–H groups in total. The van der Waals surface area contributed by atoms with E-state index in [9.17, 15) is 4.79 Å². The van der Waals surface area contributed by atoms with E-state index in [1.807, 2.05) is 75.4 Å². The highest BCUT2D eigenvalue weighted by Gasteiger charge is 2.21. The summed E-state index contributed by atoms with van der Waals surface area (Å²) >= 11 is 0. The van der Waals surface area contributed by atoms with Crippen LogP contribution in [0.3, 0.4) is 0 Å². The first-order valence-electron chi connectivity index (χ1n) is 7.74. The van der Waals surface area contributed by atoms with Crippen LogP contribution >= 0.6 is 0 Å². The van der Waals surface area contributed by atoms with Gasteiger partial charge in [-0.1, -0.05) is 56.3 Å². The van der Waals surface area contributed by atoms with Crippen LogP contribution < -0.4 is 5.32 Å². The molecule has 5 nitrogen and oxygen atoms in total. The second-order valence-corrected chi connectivity index (χ2v) is 6.57. The van der Waals surface area contributed by atoms with Gasteiger partial charge in [0.15, 0.2) is 0 Å². The van der Waals surface area contributed by atoms with Crippen LogP contribution in [0, 0.1) is 5.41 Å². The van der Waals surface area contributed by atoms with Crippen molar-refractivity contribution in [3.8, 4) is 22.8 Å². The lowest BCUT2D eigenvalue weighted by Gasteiger charge is -2.17. The summed E-state index contributed by atoms with van der Waals surface area (Å²) in [6.45, 7) is 5.63. The maximum atomic E-state index is 12.0. The highest BCUT2D eigenvalue weighted by atomic mass is 16.5. The van der Waals surface area contributed by atoms with E-state index in [0.717, 1.165) is 16.8 Å². The van der Waals surface area contributed by atoms with Crippen molar-refractivity contribution in [1.29, 1.82) is 0 Å². The van der Waals surface area contributed by atoms with Crippen LogP contribution in [-0.2, 0) is 4.79 Å². The fourth-order valence-electron chi connectivity index (χ4n) is 2.06. The summed E-state index contributed by atoms with van der Waals surface area (Å²) in [5.74, 6) is 0.970. The van der Waals surface area contributed by atoms with Crippen LogP contribution in [0.25, 0.3) is 22.8 Å². The number of carbonyl (C=O) groups is 1. The summed E-state index contributed by atoms with van der Waals surface area (Å²) in [7, 11) is 0. The number of aromatic nitrogens is 2. The predicted octanol–water partition coefficient (Wildman–Crippen LogP) is 4.39. The van der Waals surface area contributed by atoms with E-state index in [-0.39, 0.29) is 5.91 Å². The van der Waals surface area contributed by atoms with Gasteiger partial charge in [-0.05, 0) is 24.3 Å². The number of hydrogen-bond acceptors (Lipinski definition) is 4.